The summed E-state index contributed by atoms with van der Waals surface area (Å²) in [6.07, 6.45) is 0. The largest absolute Gasteiger partial charge is 0.496 e. The van der Waals surface area contributed by atoms with Crippen LogP contribution in [0.3, 0.4) is 0 Å². The van der Waals surface area contributed by atoms with Crippen LogP contribution in [0.4, 0.5) is 5.69 Å². The maximum atomic E-state index is 5.53. The van der Waals surface area contributed by atoms with Crippen LogP contribution < -0.4 is 9.64 Å². The van der Waals surface area contributed by atoms with Gasteiger partial charge in [0.05, 0.1) is 7.11 Å². The third-order valence-electron chi connectivity index (χ3n) is 3.40. The lowest BCUT2D eigenvalue weighted by atomic mass is 10.0. The first-order valence-electron chi connectivity index (χ1n) is 7.16. The number of anilines is 1. The van der Waals surface area contributed by atoms with Gasteiger partial charge in [0, 0.05) is 28.4 Å². The highest BCUT2D eigenvalue weighted by molar-refractivity contribution is 14.1. The van der Waals surface area contributed by atoms with Crippen LogP contribution in [0.15, 0.2) is 42.5 Å². The molecular formula is C18H22INO. The first-order chi connectivity index (χ1) is 10.0. The Balaban J connectivity index is 2.43. The molecule has 0 heterocycles. The lowest BCUT2D eigenvalue weighted by Gasteiger charge is -2.23. The van der Waals surface area contributed by atoms with Gasteiger partial charge in [-0.15, -0.1) is 0 Å². The Kier molecular flexibility index (Phi) is 5.51. The van der Waals surface area contributed by atoms with Crippen LogP contribution in [-0.4, -0.2) is 20.7 Å². The summed E-state index contributed by atoms with van der Waals surface area (Å²) < 4.78 is 6.76. The standard InChI is InChI=1S/C18H22INO/c1-13(2)12-20(3)16-8-9-18(21-4)17(11-16)14-6-5-7-15(19)10-14/h5-11,13H,12H2,1-4H3. The van der Waals surface area contributed by atoms with Gasteiger partial charge in [0.1, 0.15) is 5.75 Å². The van der Waals surface area contributed by atoms with Gasteiger partial charge in [-0.1, -0.05) is 26.0 Å². The molecule has 3 heteroatoms. The summed E-state index contributed by atoms with van der Waals surface area (Å²) in [5.74, 6) is 1.55. The summed E-state index contributed by atoms with van der Waals surface area (Å²) in [6.45, 7) is 5.51. The molecule has 2 aromatic carbocycles. The van der Waals surface area contributed by atoms with E-state index < -0.39 is 0 Å². The molecule has 0 N–H and O–H groups in total. The van der Waals surface area contributed by atoms with Crippen LogP contribution in [0.5, 0.6) is 5.75 Å². The molecule has 112 valence electrons. The van der Waals surface area contributed by atoms with E-state index in [4.69, 9.17) is 4.74 Å². The molecule has 0 saturated heterocycles. The lowest BCUT2D eigenvalue weighted by molar-refractivity contribution is 0.416. The fourth-order valence-corrected chi connectivity index (χ4v) is 3.01. The molecular weight excluding hydrogens is 373 g/mol. The number of ether oxygens (including phenoxy) is 1. The molecule has 0 aliphatic carbocycles. The monoisotopic (exact) mass is 395 g/mol. The van der Waals surface area contributed by atoms with Gasteiger partial charge in [-0.3, -0.25) is 0 Å². The van der Waals surface area contributed by atoms with Crippen molar-refractivity contribution in [2.24, 2.45) is 5.92 Å². The van der Waals surface area contributed by atoms with Crippen molar-refractivity contribution in [2.75, 3.05) is 25.6 Å². The normalized spacial score (nSPS) is 10.8. The van der Waals surface area contributed by atoms with E-state index in [2.05, 4.69) is 90.9 Å². The van der Waals surface area contributed by atoms with E-state index in [-0.39, 0.29) is 0 Å². The molecule has 0 atom stereocenters. The molecule has 0 aliphatic heterocycles. The predicted octanol–water partition coefficient (Wildman–Crippen LogP) is 5.06. The lowest BCUT2D eigenvalue weighted by Crippen LogP contribution is -2.22. The zero-order chi connectivity index (χ0) is 15.4. The highest BCUT2D eigenvalue weighted by Crippen LogP contribution is 2.34. The van der Waals surface area contributed by atoms with E-state index >= 15 is 0 Å². The first kappa shape index (κ1) is 16.1. The SMILES string of the molecule is COc1ccc(N(C)CC(C)C)cc1-c1cccc(I)c1. The maximum Gasteiger partial charge on any atom is 0.126 e. The van der Waals surface area contributed by atoms with Gasteiger partial charge in [0.15, 0.2) is 0 Å². The molecule has 0 amide bonds. The van der Waals surface area contributed by atoms with Crippen molar-refractivity contribution in [3.05, 3.63) is 46.0 Å². The third kappa shape index (κ3) is 4.13. The fraction of sp³-hybridized carbons (Fsp3) is 0.333. The second-order valence-electron chi connectivity index (χ2n) is 5.67. The van der Waals surface area contributed by atoms with E-state index in [0.29, 0.717) is 5.92 Å². The quantitative estimate of drug-likeness (QED) is 0.657. The number of methoxy groups -OCH3 is 1. The zero-order valence-electron chi connectivity index (χ0n) is 13.1. The molecule has 0 aliphatic rings. The maximum absolute atomic E-state index is 5.53. The summed E-state index contributed by atoms with van der Waals surface area (Å²) in [7, 11) is 3.87. The number of hydrogen-bond acceptors (Lipinski definition) is 2. The molecule has 0 unspecified atom stereocenters. The Hall–Kier alpha value is -1.23. The number of rotatable bonds is 5. The second-order valence-corrected chi connectivity index (χ2v) is 6.91. The van der Waals surface area contributed by atoms with Crippen molar-refractivity contribution in [3.63, 3.8) is 0 Å². The highest BCUT2D eigenvalue weighted by Gasteiger charge is 2.10. The molecule has 2 rings (SSSR count). The van der Waals surface area contributed by atoms with Crippen LogP contribution in [0.1, 0.15) is 13.8 Å². The van der Waals surface area contributed by atoms with Crippen LogP contribution >= 0.6 is 22.6 Å². The van der Waals surface area contributed by atoms with Crippen molar-refractivity contribution >= 4 is 28.3 Å². The fourth-order valence-electron chi connectivity index (χ4n) is 2.47. The van der Waals surface area contributed by atoms with Gasteiger partial charge < -0.3 is 9.64 Å². The Morgan fingerprint density at radius 3 is 2.52 bits per heavy atom. The summed E-state index contributed by atoms with van der Waals surface area (Å²) in [4.78, 5) is 2.29. The molecule has 0 fully saturated rings. The topological polar surface area (TPSA) is 12.5 Å². The number of benzene rings is 2. The summed E-state index contributed by atoms with van der Waals surface area (Å²) in [6, 6.07) is 14.9. The number of halogens is 1. The van der Waals surface area contributed by atoms with E-state index in [0.717, 1.165) is 17.9 Å². The molecule has 0 bridgehead atoms. The van der Waals surface area contributed by atoms with Crippen LogP contribution in [0.2, 0.25) is 0 Å². The molecule has 0 spiro atoms. The van der Waals surface area contributed by atoms with Gasteiger partial charge in [-0.2, -0.15) is 0 Å². The molecule has 0 radical (unpaired) electrons. The Bertz CT molecular complexity index is 610. The van der Waals surface area contributed by atoms with Gasteiger partial charge >= 0.3 is 0 Å². The highest BCUT2D eigenvalue weighted by atomic mass is 127. The van der Waals surface area contributed by atoms with Gasteiger partial charge in [0.25, 0.3) is 0 Å². The van der Waals surface area contributed by atoms with Crippen molar-refractivity contribution in [3.8, 4) is 16.9 Å². The minimum Gasteiger partial charge on any atom is -0.496 e. The van der Waals surface area contributed by atoms with Gasteiger partial charge in [0.2, 0.25) is 0 Å². The van der Waals surface area contributed by atoms with Crippen molar-refractivity contribution < 1.29 is 4.74 Å². The van der Waals surface area contributed by atoms with Crippen LogP contribution in [0.25, 0.3) is 11.1 Å². The van der Waals surface area contributed by atoms with Crippen molar-refractivity contribution in [1.29, 1.82) is 0 Å². The van der Waals surface area contributed by atoms with E-state index in [1.54, 1.807) is 7.11 Å². The van der Waals surface area contributed by atoms with E-state index in [1.165, 1.54) is 14.8 Å². The smallest absolute Gasteiger partial charge is 0.126 e. The van der Waals surface area contributed by atoms with Crippen molar-refractivity contribution in [1.82, 2.24) is 0 Å². The van der Waals surface area contributed by atoms with E-state index in [9.17, 15) is 0 Å². The van der Waals surface area contributed by atoms with Gasteiger partial charge in [-0.25, -0.2) is 0 Å². The minimum atomic E-state index is 0.637. The Morgan fingerprint density at radius 2 is 1.90 bits per heavy atom. The van der Waals surface area contributed by atoms with E-state index in [1.807, 2.05) is 0 Å². The molecule has 2 aromatic rings. The van der Waals surface area contributed by atoms with Crippen LogP contribution in [0, 0.1) is 9.49 Å². The summed E-state index contributed by atoms with van der Waals surface area (Å²) in [5, 5.41) is 0. The third-order valence-corrected chi connectivity index (χ3v) is 4.07. The molecule has 0 aromatic heterocycles. The Morgan fingerprint density at radius 1 is 1.14 bits per heavy atom. The predicted molar refractivity (Wildman–Crippen MR) is 99.3 cm³/mol. The molecule has 0 saturated carbocycles. The zero-order valence-corrected chi connectivity index (χ0v) is 15.2. The number of nitrogens with zero attached hydrogens (tertiary/aromatic N) is 1. The Labute approximate surface area is 141 Å². The molecule has 21 heavy (non-hydrogen) atoms. The van der Waals surface area contributed by atoms with Crippen LogP contribution in [-0.2, 0) is 0 Å². The summed E-state index contributed by atoms with van der Waals surface area (Å²) in [5.41, 5.74) is 3.56. The first-order valence-corrected chi connectivity index (χ1v) is 8.24. The summed E-state index contributed by atoms with van der Waals surface area (Å²) >= 11 is 2.34. The van der Waals surface area contributed by atoms with Crippen molar-refractivity contribution in [2.45, 2.75) is 13.8 Å². The average Bonchev–Trinajstić information content (AvgIpc) is 2.45. The second kappa shape index (κ2) is 7.16. The average molecular weight is 395 g/mol. The van der Waals surface area contributed by atoms with Gasteiger partial charge in [-0.05, 0) is 64.4 Å². The molecule has 2 nitrogen and oxygen atoms in total. The number of hydrogen-bond donors (Lipinski definition) is 0. The minimum absolute atomic E-state index is 0.637.